The summed E-state index contributed by atoms with van der Waals surface area (Å²) in [4.78, 5) is 60.3. The van der Waals surface area contributed by atoms with Crippen LogP contribution in [0.25, 0.3) is 224 Å². The van der Waals surface area contributed by atoms with Crippen LogP contribution in [0.3, 0.4) is 0 Å². The highest BCUT2D eigenvalue weighted by atomic mass is 15.1. The van der Waals surface area contributed by atoms with Crippen molar-refractivity contribution in [1.82, 2.24) is 59.8 Å². The molecular weight excluding hydrogens is 1720 g/mol. The molecule has 17 aromatic carbocycles. The van der Waals surface area contributed by atoms with Crippen molar-refractivity contribution in [2.24, 2.45) is 0 Å². The van der Waals surface area contributed by atoms with Crippen LogP contribution in [0.4, 0.5) is 0 Å². The lowest BCUT2D eigenvalue weighted by Gasteiger charge is -2.23. The minimum atomic E-state index is -0.230. The van der Waals surface area contributed by atoms with Crippen molar-refractivity contribution < 1.29 is 0 Å². The van der Waals surface area contributed by atoms with Gasteiger partial charge in [0.05, 0.1) is 17.1 Å². The summed E-state index contributed by atoms with van der Waals surface area (Å²) in [6.07, 6.45) is 3.75. The quantitative estimate of drug-likeness (QED) is 0.102. The average Bonchev–Trinajstić information content (AvgIpc) is 1.56. The Morgan fingerprint density at radius 2 is 0.454 bits per heavy atom. The molecule has 0 saturated carbocycles. The minimum Gasteiger partial charge on any atom is -0.256 e. The van der Waals surface area contributed by atoms with Gasteiger partial charge in [-0.3, -0.25) is 9.97 Å². The first-order chi connectivity index (χ1) is 69.2. The number of hydrogen-bond donors (Lipinski definition) is 0. The van der Waals surface area contributed by atoms with Gasteiger partial charge in [-0.15, -0.1) is 0 Å². The molecule has 0 saturated heterocycles. The molecule has 0 atom stereocenters. The van der Waals surface area contributed by atoms with E-state index in [0.29, 0.717) is 58.1 Å². The zero-order valence-corrected chi connectivity index (χ0v) is 78.6. The Labute approximate surface area is 818 Å². The molecule has 0 unspecified atom stereocenters. The van der Waals surface area contributed by atoms with E-state index < -0.39 is 0 Å². The lowest BCUT2D eigenvalue weighted by Crippen LogP contribution is -2.15. The number of pyridine rings is 3. The van der Waals surface area contributed by atoms with Gasteiger partial charge in [0.1, 0.15) is 5.69 Å². The second-order valence-corrected chi connectivity index (χ2v) is 37.7. The number of fused-ring (bicyclic) bond motifs is 12. The third-order valence-corrected chi connectivity index (χ3v) is 28.1. The third-order valence-electron chi connectivity index (χ3n) is 28.1. The van der Waals surface area contributed by atoms with Crippen LogP contribution in [0, 0.1) is 0 Å². The minimum absolute atomic E-state index is 0.112. The van der Waals surface area contributed by atoms with Gasteiger partial charge in [-0.2, -0.15) is 0 Å². The van der Waals surface area contributed by atoms with E-state index in [1.54, 1.807) is 0 Å². The first-order valence-corrected chi connectivity index (χ1v) is 47.9. The maximum atomic E-state index is 5.33. The molecule has 6 aromatic heterocycles. The summed E-state index contributed by atoms with van der Waals surface area (Å²) in [6, 6.07) is 152. The van der Waals surface area contributed by atoms with Crippen LogP contribution in [0.5, 0.6) is 0 Å². The molecule has 0 fully saturated rings. The summed E-state index contributed by atoms with van der Waals surface area (Å²) in [5, 5.41) is 7.10. The van der Waals surface area contributed by atoms with Crippen LogP contribution < -0.4 is 0 Å². The summed E-state index contributed by atoms with van der Waals surface area (Å²) in [5.74, 6) is 5.60. The van der Waals surface area contributed by atoms with E-state index in [4.69, 9.17) is 54.8 Å². The van der Waals surface area contributed by atoms with Crippen LogP contribution in [-0.2, 0) is 16.2 Å². The monoisotopic (exact) mass is 1810 g/mol. The van der Waals surface area contributed by atoms with Crippen molar-refractivity contribution in [3.8, 4) is 192 Å². The fourth-order valence-corrected chi connectivity index (χ4v) is 20.9. The summed E-state index contributed by atoms with van der Waals surface area (Å²) < 4.78 is 0. The molecular formula is C129H92N12. The van der Waals surface area contributed by atoms with Crippen LogP contribution in [0.1, 0.15) is 74.9 Å². The molecule has 0 spiro atoms. The van der Waals surface area contributed by atoms with Gasteiger partial charge < -0.3 is 0 Å². The summed E-state index contributed by atoms with van der Waals surface area (Å²) >= 11 is 0. The molecule has 12 nitrogen and oxygen atoms in total. The molecule has 0 amide bonds. The van der Waals surface area contributed by atoms with Gasteiger partial charge in [0, 0.05) is 89.8 Å². The van der Waals surface area contributed by atoms with Gasteiger partial charge in [0.25, 0.3) is 0 Å². The topological polar surface area (TPSA) is 155 Å². The fourth-order valence-electron chi connectivity index (χ4n) is 20.9. The summed E-state index contributed by atoms with van der Waals surface area (Å²) in [7, 11) is 0. The summed E-state index contributed by atoms with van der Waals surface area (Å²) in [6.45, 7) is 13.9. The van der Waals surface area contributed by atoms with Crippen LogP contribution in [0.15, 0.2) is 449 Å². The van der Waals surface area contributed by atoms with Gasteiger partial charge in [-0.05, 0) is 182 Å². The average molecular weight is 1810 g/mol. The predicted molar refractivity (Wildman–Crippen MR) is 574 cm³/mol. The molecule has 668 valence electrons. The van der Waals surface area contributed by atoms with Gasteiger partial charge in [0.15, 0.2) is 52.4 Å². The molecule has 23 aromatic rings. The Morgan fingerprint density at radius 1 is 0.156 bits per heavy atom. The molecule has 0 N–H and O–H groups in total. The molecule has 3 aliphatic rings. The molecule has 0 bridgehead atoms. The molecule has 0 radical (unpaired) electrons. The maximum absolute atomic E-state index is 5.33. The van der Waals surface area contributed by atoms with E-state index in [2.05, 4.69) is 356 Å². The van der Waals surface area contributed by atoms with Gasteiger partial charge in [-0.25, -0.2) is 49.8 Å². The summed E-state index contributed by atoms with van der Waals surface area (Å²) in [5.41, 5.74) is 34.0. The third kappa shape index (κ3) is 15.7. The number of hydrogen-bond acceptors (Lipinski definition) is 12. The SMILES string of the molecule is CC1(C)c2cc(-c3ccccn3)ccc2-c2c1cc1ccccc1c2-c1nc(-c2ccccc2)nc(-c2ccccc2)n1.CC1(C)c2ccccc2-c2c1cc1ccccc1c2-c1ccc(-c2nc(-c3ccccc3)nc(-c3ccc(-c4ccccc4)cc3)n2)cn1.CC1(C)c2ccccc2-c2c1cc1ccccc1c2-c1cccc(-c2nc(-c3ccccc3)nc(-c3ccc(-c4ccccc4)cc3)n2)n1. The first-order valence-electron chi connectivity index (χ1n) is 47.9. The molecule has 6 heterocycles. The number of aromatic nitrogens is 12. The van der Waals surface area contributed by atoms with E-state index in [1.165, 1.54) is 105 Å². The van der Waals surface area contributed by atoms with E-state index in [9.17, 15) is 0 Å². The van der Waals surface area contributed by atoms with E-state index in [0.717, 1.165) is 94.8 Å². The van der Waals surface area contributed by atoms with Gasteiger partial charge >= 0.3 is 0 Å². The van der Waals surface area contributed by atoms with Crippen LogP contribution >= 0.6 is 0 Å². The zero-order chi connectivity index (χ0) is 94.9. The molecule has 141 heavy (non-hydrogen) atoms. The van der Waals surface area contributed by atoms with Crippen LogP contribution in [0.2, 0.25) is 0 Å². The molecule has 3 aliphatic carbocycles. The smallest absolute Gasteiger partial charge is 0.182 e. The van der Waals surface area contributed by atoms with Crippen molar-refractivity contribution in [2.45, 2.75) is 57.8 Å². The Balaban J connectivity index is 0.000000115. The molecule has 12 heteroatoms. The lowest BCUT2D eigenvalue weighted by atomic mass is 9.80. The number of rotatable bonds is 14. The van der Waals surface area contributed by atoms with Crippen LogP contribution in [-0.4, -0.2) is 59.8 Å². The largest absolute Gasteiger partial charge is 0.256 e. The normalized spacial score (nSPS) is 12.9. The Morgan fingerprint density at radius 3 is 0.872 bits per heavy atom. The van der Waals surface area contributed by atoms with Gasteiger partial charge in [-0.1, -0.05) is 418 Å². The lowest BCUT2D eigenvalue weighted by molar-refractivity contribution is 0.661. The molecule has 0 aliphatic heterocycles. The van der Waals surface area contributed by atoms with E-state index in [1.807, 2.05) is 140 Å². The van der Waals surface area contributed by atoms with Crippen molar-refractivity contribution in [2.75, 3.05) is 0 Å². The predicted octanol–water partition coefficient (Wildman–Crippen LogP) is 31.5. The van der Waals surface area contributed by atoms with Crippen molar-refractivity contribution >= 4 is 32.3 Å². The Bertz CT molecular complexity index is 8690. The highest BCUT2D eigenvalue weighted by molar-refractivity contribution is 6.11. The molecule has 26 rings (SSSR count). The zero-order valence-electron chi connectivity index (χ0n) is 78.6. The van der Waals surface area contributed by atoms with E-state index >= 15 is 0 Å². The number of benzene rings is 17. The Kier molecular flexibility index (Phi) is 21.7. The van der Waals surface area contributed by atoms with Gasteiger partial charge in [0.2, 0.25) is 0 Å². The number of nitrogens with zero attached hydrogens (tertiary/aromatic N) is 12. The van der Waals surface area contributed by atoms with Crippen molar-refractivity contribution in [3.63, 3.8) is 0 Å². The van der Waals surface area contributed by atoms with Crippen molar-refractivity contribution in [3.05, 3.63) is 483 Å². The highest BCUT2D eigenvalue weighted by Gasteiger charge is 2.42. The second-order valence-electron chi connectivity index (χ2n) is 37.7. The fraction of sp³-hybridized carbons (Fsp3) is 0.0698. The van der Waals surface area contributed by atoms with Crippen molar-refractivity contribution in [1.29, 1.82) is 0 Å². The highest BCUT2D eigenvalue weighted by Crippen LogP contribution is 2.58. The second kappa shape index (κ2) is 35.6. The maximum Gasteiger partial charge on any atom is 0.182 e. The first kappa shape index (κ1) is 85.9. The van der Waals surface area contributed by atoms with E-state index in [-0.39, 0.29) is 16.2 Å². The standard InChI is InChI=1S/2C45H32N4.C39H28N4/c1-45(2)36-21-12-11-20-35(36)40-37(45)28-33-18-9-10-19-34(33)41(40)38-22-13-23-39(46-38)44-48-42(31-16-7-4-8-17-31)47-43(49-44)32-26-24-30(25-27-32)29-14-5-3-6-15-29;1-45(2)37-20-12-11-19-36(37)40-38(45)27-33-17-9-10-18-35(33)41(40)39-26-25-34(28-46-39)44-48-42(31-15-7-4-8-16-31)47-43(49-44)32-23-21-30(22-24-32)29-13-5-3-6-14-29;1-39(2)31-24-28(33-19-11-12-22-40-33)20-21-30(31)34-32(39)23-27-17-9-10-18-29(27)35(34)38-42-36(25-13-5-3-6-14-25)41-37(43-38)26-15-7-4-8-16-26/h2*3-28H,1-2H3;3-24H,1-2H3. The Hall–Kier alpha value is -18.0.